The van der Waals surface area contributed by atoms with Gasteiger partial charge in [-0.05, 0) is 63.5 Å². The van der Waals surface area contributed by atoms with Crippen molar-refractivity contribution in [2.75, 3.05) is 13.1 Å². The van der Waals surface area contributed by atoms with Crippen molar-refractivity contribution in [2.24, 2.45) is 11.7 Å². The molecule has 2 aromatic rings. The zero-order valence-electron chi connectivity index (χ0n) is 24.8. The van der Waals surface area contributed by atoms with E-state index >= 15 is 0 Å². The van der Waals surface area contributed by atoms with Crippen LogP contribution in [0.5, 0.6) is 0 Å². The molecule has 3 amide bonds. The van der Waals surface area contributed by atoms with Crippen LogP contribution in [0.4, 0.5) is 0 Å². The number of benzene rings is 1. The molecule has 0 radical (unpaired) electrons. The zero-order valence-corrected chi connectivity index (χ0v) is 24.8. The molecular formula is C32H45N5O6. The highest BCUT2D eigenvalue weighted by Gasteiger charge is 2.41. The Labute approximate surface area is 252 Å². The fraction of sp³-hybridized carbons (Fsp3) is 0.594. The summed E-state index contributed by atoms with van der Waals surface area (Å²) < 4.78 is 0. The van der Waals surface area contributed by atoms with Crippen molar-refractivity contribution >= 4 is 40.4 Å². The molecule has 43 heavy (non-hydrogen) atoms. The number of aliphatic carboxylic acids is 1. The Kier molecular flexibility index (Phi) is 11.7. The summed E-state index contributed by atoms with van der Waals surface area (Å²) in [5.74, 6) is -4.30. The van der Waals surface area contributed by atoms with E-state index in [1.165, 1.54) is 6.20 Å². The van der Waals surface area contributed by atoms with Crippen molar-refractivity contribution in [3.05, 3.63) is 36.0 Å². The smallest absolute Gasteiger partial charge is 0.326 e. The van der Waals surface area contributed by atoms with E-state index in [9.17, 15) is 29.1 Å². The van der Waals surface area contributed by atoms with Gasteiger partial charge in [-0.3, -0.25) is 19.2 Å². The Morgan fingerprint density at radius 2 is 1.63 bits per heavy atom. The van der Waals surface area contributed by atoms with Crippen LogP contribution in [0, 0.1) is 5.92 Å². The average Bonchev–Trinajstić information content (AvgIpc) is 3.45. The Morgan fingerprint density at radius 1 is 0.953 bits per heavy atom. The lowest BCUT2D eigenvalue weighted by molar-refractivity contribution is -0.145. The van der Waals surface area contributed by atoms with Crippen LogP contribution < -0.4 is 16.4 Å². The van der Waals surface area contributed by atoms with Gasteiger partial charge in [-0.2, -0.15) is 0 Å². The number of ketones is 1. The Balaban J connectivity index is 1.65. The Bertz CT molecular complexity index is 1280. The highest BCUT2D eigenvalue weighted by Crippen LogP contribution is 2.31. The zero-order chi connectivity index (χ0) is 30.8. The molecule has 1 aromatic carbocycles. The number of hydrogen-bond acceptors (Lipinski definition) is 6. The third-order valence-corrected chi connectivity index (χ3v) is 8.84. The minimum absolute atomic E-state index is 0.0265. The number of para-hydroxylation sites is 1. The van der Waals surface area contributed by atoms with Crippen LogP contribution >= 0.6 is 0 Å². The molecule has 2 saturated carbocycles. The van der Waals surface area contributed by atoms with E-state index in [1.54, 1.807) is 18.2 Å². The van der Waals surface area contributed by atoms with Crippen molar-refractivity contribution in [3.8, 4) is 0 Å². The summed E-state index contributed by atoms with van der Waals surface area (Å²) in [6, 6.07) is 4.87. The Morgan fingerprint density at radius 3 is 2.30 bits per heavy atom. The maximum atomic E-state index is 14.1. The first-order valence-corrected chi connectivity index (χ1v) is 15.7. The van der Waals surface area contributed by atoms with Crippen LogP contribution in [-0.4, -0.2) is 75.7 Å². The molecule has 0 spiro atoms. The maximum absolute atomic E-state index is 14.1. The van der Waals surface area contributed by atoms with E-state index in [4.69, 9.17) is 5.73 Å². The molecule has 6 N–H and O–H groups in total. The number of nitrogens with one attached hydrogen (secondary N) is 3. The highest BCUT2D eigenvalue weighted by molar-refractivity contribution is 6.45. The fourth-order valence-electron chi connectivity index (χ4n) is 6.54. The van der Waals surface area contributed by atoms with Crippen molar-refractivity contribution in [3.63, 3.8) is 0 Å². The number of rotatable bonds is 14. The molecule has 0 bridgehead atoms. The average molecular weight is 596 g/mol. The van der Waals surface area contributed by atoms with Gasteiger partial charge in [-0.25, -0.2) is 4.79 Å². The summed E-state index contributed by atoms with van der Waals surface area (Å²) in [5, 5.41) is 15.9. The van der Waals surface area contributed by atoms with E-state index in [-0.39, 0.29) is 29.9 Å². The number of nitrogens with two attached hydrogens (primary N) is 1. The number of unbranched alkanes of at least 4 members (excludes halogenated alkanes) is 1. The minimum atomic E-state index is -1.20. The summed E-state index contributed by atoms with van der Waals surface area (Å²) in [6.07, 6.45) is 11.7. The van der Waals surface area contributed by atoms with Crippen LogP contribution in [0.1, 0.15) is 93.8 Å². The molecule has 2 aliphatic rings. The summed E-state index contributed by atoms with van der Waals surface area (Å²) >= 11 is 0. The van der Waals surface area contributed by atoms with Crippen LogP contribution in [-0.2, 0) is 19.2 Å². The highest BCUT2D eigenvalue weighted by atomic mass is 16.4. The summed E-state index contributed by atoms with van der Waals surface area (Å²) in [5.41, 5.74) is 6.39. The topological polar surface area (TPSA) is 175 Å². The maximum Gasteiger partial charge on any atom is 0.326 e. The van der Waals surface area contributed by atoms with Gasteiger partial charge in [0.15, 0.2) is 0 Å². The van der Waals surface area contributed by atoms with Gasteiger partial charge >= 0.3 is 5.97 Å². The normalized spacial score (nSPS) is 17.6. The van der Waals surface area contributed by atoms with Gasteiger partial charge < -0.3 is 31.4 Å². The van der Waals surface area contributed by atoms with E-state index in [2.05, 4.69) is 15.6 Å². The number of carbonyl (C=O) groups is 5. The lowest BCUT2D eigenvalue weighted by atomic mass is 9.82. The molecule has 11 nitrogen and oxygen atoms in total. The number of nitrogens with zero attached hydrogens (tertiary/aromatic N) is 1. The summed E-state index contributed by atoms with van der Waals surface area (Å²) in [4.78, 5) is 71.3. The predicted octanol–water partition coefficient (Wildman–Crippen LogP) is 3.28. The number of fused-ring (bicyclic) bond motifs is 1. The first-order chi connectivity index (χ1) is 20.8. The third-order valence-electron chi connectivity index (χ3n) is 8.84. The number of amides is 3. The van der Waals surface area contributed by atoms with Gasteiger partial charge in [0.2, 0.25) is 11.8 Å². The third kappa shape index (κ3) is 8.43. The fourth-order valence-corrected chi connectivity index (χ4v) is 6.54. The molecule has 11 heteroatoms. The number of carboxylic acid groups (broad SMARTS) is 1. The largest absolute Gasteiger partial charge is 0.480 e. The van der Waals surface area contributed by atoms with Crippen molar-refractivity contribution in [1.29, 1.82) is 0 Å². The second kappa shape index (κ2) is 15.7. The molecule has 2 aliphatic carbocycles. The van der Waals surface area contributed by atoms with E-state index < -0.39 is 42.2 Å². The predicted molar refractivity (Wildman–Crippen MR) is 162 cm³/mol. The van der Waals surface area contributed by atoms with Crippen LogP contribution in [0.15, 0.2) is 30.5 Å². The number of carboxylic acids is 1. The van der Waals surface area contributed by atoms with E-state index in [1.807, 2.05) is 6.07 Å². The summed E-state index contributed by atoms with van der Waals surface area (Å²) in [6.45, 7) is -0.204. The molecule has 4 rings (SSSR count). The number of aromatic amines is 1. The molecule has 234 valence electrons. The number of hydrogen-bond donors (Lipinski definition) is 5. The molecule has 2 fully saturated rings. The molecule has 1 heterocycles. The number of Topliss-reactive ketones (excluding diaryl/α,β-unsaturated/α-hetero) is 1. The van der Waals surface area contributed by atoms with Gasteiger partial charge in [-0.1, -0.05) is 56.7 Å². The van der Waals surface area contributed by atoms with E-state index in [0.29, 0.717) is 43.1 Å². The molecule has 1 unspecified atom stereocenters. The molecular weight excluding hydrogens is 550 g/mol. The van der Waals surface area contributed by atoms with Crippen molar-refractivity contribution in [1.82, 2.24) is 20.5 Å². The molecule has 2 atom stereocenters. The number of aromatic nitrogens is 1. The molecule has 1 aromatic heterocycles. The van der Waals surface area contributed by atoms with E-state index in [0.717, 1.165) is 56.3 Å². The van der Waals surface area contributed by atoms with Gasteiger partial charge in [0.25, 0.3) is 11.7 Å². The SMILES string of the molecule is NCCCC[C@H](NC(=O)CN(C(=O)C(=O)c1c[nH]c2ccccc12)C(C(=O)NC1CCCCC1)C1CCCCC1)C(=O)O. The Hall–Kier alpha value is -3.73. The van der Waals surface area contributed by atoms with Crippen LogP contribution in [0.2, 0.25) is 0 Å². The van der Waals surface area contributed by atoms with Gasteiger partial charge in [0.1, 0.15) is 18.6 Å². The van der Waals surface area contributed by atoms with Gasteiger partial charge in [-0.15, -0.1) is 0 Å². The van der Waals surface area contributed by atoms with Crippen LogP contribution in [0.3, 0.4) is 0 Å². The first kappa shape index (κ1) is 32.2. The standard InChI is InChI=1S/C32H45N5O6/c33-18-10-9-17-26(32(42)43)36-27(38)20-37(31(41)29(39)24-19-34-25-16-8-7-15-23(24)25)28(21-11-3-1-4-12-21)30(40)35-22-13-5-2-6-14-22/h7-8,15-16,19,21-22,26,28,34H,1-6,9-14,17-18,20,33H2,(H,35,40)(H,36,38)(H,42,43)/t26-,28?/m0/s1. The second-order valence-electron chi connectivity index (χ2n) is 11.9. The second-order valence-corrected chi connectivity index (χ2v) is 11.9. The molecule has 0 saturated heterocycles. The number of carbonyl (C=O) groups excluding carboxylic acids is 4. The first-order valence-electron chi connectivity index (χ1n) is 15.7. The van der Waals surface area contributed by atoms with Gasteiger partial charge in [0, 0.05) is 23.1 Å². The summed E-state index contributed by atoms with van der Waals surface area (Å²) in [7, 11) is 0. The van der Waals surface area contributed by atoms with Gasteiger partial charge in [0.05, 0.1) is 5.56 Å². The lowest BCUT2D eigenvalue weighted by Crippen LogP contribution is -2.59. The van der Waals surface area contributed by atoms with Crippen LogP contribution in [0.25, 0.3) is 10.9 Å². The quantitative estimate of drug-likeness (QED) is 0.127. The monoisotopic (exact) mass is 595 g/mol. The van der Waals surface area contributed by atoms with Crippen molar-refractivity contribution in [2.45, 2.75) is 102 Å². The number of H-pyrrole nitrogens is 1. The minimum Gasteiger partial charge on any atom is -0.480 e. The lowest BCUT2D eigenvalue weighted by Gasteiger charge is -2.38. The molecule has 0 aliphatic heterocycles. The van der Waals surface area contributed by atoms with Crippen molar-refractivity contribution < 1.29 is 29.1 Å².